The Morgan fingerprint density at radius 3 is 2.67 bits per heavy atom. The molecule has 7 heteroatoms. The van der Waals surface area contributed by atoms with Gasteiger partial charge in [0.1, 0.15) is 18.1 Å². The van der Waals surface area contributed by atoms with Crippen molar-refractivity contribution >= 4 is 23.3 Å². The van der Waals surface area contributed by atoms with Gasteiger partial charge in [0.05, 0.1) is 5.92 Å². The number of fused-ring (bicyclic) bond motifs is 1. The van der Waals surface area contributed by atoms with Crippen molar-refractivity contribution in [2.24, 2.45) is 0 Å². The number of rotatable bonds is 7. The molecule has 4 rings (SSSR count). The van der Waals surface area contributed by atoms with E-state index in [1.165, 1.54) is 6.07 Å². The minimum atomic E-state index is -0.735. The van der Waals surface area contributed by atoms with E-state index >= 15 is 0 Å². The first-order valence-corrected chi connectivity index (χ1v) is 9.43. The average Bonchev–Trinajstić information content (AvgIpc) is 3.35. The number of anilines is 1. The summed E-state index contributed by atoms with van der Waals surface area (Å²) in [5, 5.41) is 2.75. The van der Waals surface area contributed by atoms with Crippen LogP contribution in [0.5, 0.6) is 5.75 Å². The highest BCUT2D eigenvalue weighted by Crippen LogP contribution is 2.32. The van der Waals surface area contributed by atoms with Crippen LogP contribution in [0, 0.1) is 0 Å². The molecule has 152 valence electrons. The van der Waals surface area contributed by atoms with Crippen molar-refractivity contribution in [2.75, 3.05) is 11.9 Å². The maximum atomic E-state index is 12.4. The van der Waals surface area contributed by atoms with Crippen LogP contribution in [0.25, 0.3) is 0 Å². The van der Waals surface area contributed by atoms with Crippen LogP contribution in [0.1, 0.15) is 45.1 Å². The number of Topliss-reactive ketones (excluding diaryl/α,β-unsaturated/α-hetero) is 1. The predicted molar refractivity (Wildman–Crippen MR) is 108 cm³/mol. The highest BCUT2D eigenvalue weighted by molar-refractivity contribution is 6.05. The predicted octanol–water partition coefficient (Wildman–Crippen LogP) is 3.95. The van der Waals surface area contributed by atoms with Gasteiger partial charge in [-0.15, -0.1) is 0 Å². The lowest BCUT2D eigenvalue weighted by molar-refractivity contribution is -0.116. The number of para-hydroxylation sites is 1. The maximum absolute atomic E-state index is 12.4. The highest BCUT2D eigenvalue weighted by atomic mass is 16.5. The van der Waals surface area contributed by atoms with Crippen LogP contribution in [0.2, 0.25) is 0 Å². The number of furan rings is 1. The summed E-state index contributed by atoms with van der Waals surface area (Å²) < 4.78 is 16.1. The number of carbonyl (C=O) groups is 3. The summed E-state index contributed by atoms with van der Waals surface area (Å²) in [6, 6.07) is 17.2. The van der Waals surface area contributed by atoms with Gasteiger partial charge in [0.25, 0.3) is 0 Å². The molecule has 1 aliphatic rings. The fourth-order valence-electron chi connectivity index (χ4n) is 3.11. The number of benzene rings is 2. The summed E-state index contributed by atoms with van der Waals surface area (Å²) in [4.78, 5) is 36.3. The molecule has 0 fully saturated rings. The van der Waals surface area contributed by atoms with E-state index in [4.69, 9.17) is 13.9 Å². The number of nitrogens with one attached hydrogen (secondary N) is 1. The Balaban J connectivity index is 1.32. The zero-order valence-corrected chi connectivity index (χ0v) is 16.2. The van der Waals surface area contributed by atoms with Crippen molar-refractivity contribution in [1.29, 1.82) is 0 Å². The Hall–Kier alpha value is -3.87. The molecule has 2 heterocycles. The standard InChI is InChI=1S/C23H19NO6/c1-14-18-11-15(7-9-19(18)24-22(14)26)20(25)13-29-23(27)21-10-8-17(30-21)12-28-16-5-3-2-4-6-16/h2-11,14H,12-13H2,1H3,(H,24,26)/t14-/m0/s1. The lowest BCUT2D eigenvalue weighted by Crippen LogP contribution is -2.14. The van der Waals surface area contributed by atoms with E-state index in [-0.39, 0.29) is 30.0 Å². The fraction of sp³-hybridized carbons (Fsp3) is 0.174. The maximum Gasteiger partial charge on any atom is 0.374 e. The summed E-state index contributed by atoms with van der Waals surface area (Å²) in [6.45, 7) is 1.51. The van der Waals surface area contributed by atoms with Crippen LogP contribution in [0.4, 0.5) is 5.69 Å². The third kappa shape index (κ3) is 4.10. The topological polar surface area (TPSA) is 94.8 Å². The van der Waals surface area contributed by atoms with Crippen molar-refractivity contribution < 1.29 is 28.3 Å². The van der Waals surface area contributed by atoms with Gasteiger partial charge in [0.15, 0.2) is 12.4 Å². The fourth-order valence-corrected chi connectivity index (χ4v) is 3.11. The largest absolute Gasteiger partial charge is 0.486 e. The zero-order valence-electron chi connectivity index (χ0n) is 16.2. The molecule has 0 bridgehead atoms. The van der Waals surface area contributed by atoms with E-state index < -0.39 is 12.6 Å². The Morgan fingerprint density at radius 2 is 1.87 bits per heavy atom. The van der Waals surface area contributed by atoms with Gasteiger partial charge in [-0.2, -0.15) is 0 Å². The van der Waals surface area contributed by atoms with Crippen LogP contribution in [0.3, 0.4) is 0 Å². The van der Waals surface area contributed by atoms with E-state index in [1.54, 1.807) is 31.2 Å². The second kappa shape index (κ2) is 8.24. The van der Waals surface area contributed by atoms with E-state index in [0.29, 0.717) is 22.8 Å². The Bertz CT molecular complexity index is 1100. The quantitative estimate of drug-likeness (QED) is 0.472. The summed E-state index contributed by atoms with van der Waals surface area (Å²) in [5.74, 6) is -0.392. The van der Waals surface area contributed by atoms with E-state index in [2.05, 4.69) is 5.32 Å². The Morgan fingerprint density at radius 1 is 1.07 bits per heavy atom. The van der Waals surface area contributed by atoms with Gasteiger partial charge in [-0.25, -0.2) is 4.79 Å². The average molecular weight is 405 g/mol. The number of hydrogen-bond acceptors (Lipinski definition) is 6. The van der Waals surface area contributed by atoms with Crippen molar-refractivity contribution in [3.63, 3.8) is 0 Å². The summed E-state index contributed by atoms with van der Waals surface area (Å²) >= 11 is 0. The van der Waals surface area contributed by atoms with Crippen molar-refractivity contribution in [2.45, 2.75) is 19.4 Å². The van der Waals surface area contributed by atoms with E-state index in [1.807, 2.05) is 30.3 Å². The number of ether oxygens (including phenoxy) is 2. The summed E-state index contributed by atoms with van der Waals surface area (Å²) in [5.41, 5.74) is 1.83. The molecule has 0 spiro atoms. The van der Waals surface area contributed by atoms with Crippen molar-refractivity contribution in [1.82, 2.24) is 0 Å². The molecule has 0 saturated heterocycles. The molecule has 7 nitrogen and oxygen atoms in total. The number of hydrogen-bond donors (Lipinski definition) is 1. The van der Waals surface area contributed by atoms with Crippen LogP contribution in [-0.4, -0.2) is 24.3 Å². The van der Waals surface area contributed by atoms with Gasteiger partial charge in [-0.05, 0) is 55.0 Å². The molecule has 1 N–H and O–H groups in total. The molecule has 3 aromatic rings. The first kappa shape index (κ1) is 19.4. The van der Waals surface area contributed by atoms with Gasteiger partial charge in [-0.3, -0.25) is 9.59 Å². The van der Waals surface area contributed by atoms with Gasteiger partial charge < -0.3 is 19.2 Å². The molecule has 2 aromatic carbocycles. The second-order valence-electron chi connectivity index (χ2n) is 6.88. The highest BCUT2D eigenvalue weighted by Gasteiger charge is 2.27. The third-order valence-corrected chi connectivity index (χ3v) is 4.81. The Labute approximate surface area is 172 Å². The van der Waals surface area contributed by atoms with Gasteiger partial charge in [0.2, 0.25) is 11.7 Å². The van der Waals surface area contributed by atoms with Crippen molar-refractivity contribution in [3.8, 4) is 5.75 Å². The van der Waals surface area contributed by atoms with E-state index in [0.717, 1.165) is 5.56 Å². The first-order chi connectivity index (χ1) is 14.5. The van der Waals surface area contributed by atoms with Crippen LogP contribution in [-0.2, 0) is 16.1 Å². The normalized spacial score (nSPS) is 14.7. The van der Waals surface area contributed by atoms with Crippen LogP contribution < -0.4 is 10.1 Å². The molecule has 0 radical (unpaired) electrons. The molecule has 30 heavy (non-hydrogen) atoms. The molecule has 1 amide bonds. The lowest BCUT2D eigenvalue weighted by Gasteiger charge is -2.06. The van der Waals surface area contributed by atoms with Crippen molar-refractivity contribution in [3.05, 3.63) is 83.3 Å². The van der Waals surface area contributed by atoms with Crippen LogP contribution >= 0.6 is 0 Å². The van der Waals surface area contributed by atoms with Gasteiger partial charge in [-0.1, -0.05) is 18.2 Å². The number of amides is 1. The molecule has 1 aliphatic heterocycles. The molecule has 1 atom stereocenters. The van der Waals surface area contributed by atoms with Crippen LogP contribution in [0.15, 0.2) is 65.1 Å². The SMILES string of the molecule is C[C@@H]1C(=O)Nc2ccc(C(=O)COC(=O)c3ccc(COc4ccccc4)o3)cc21. The van der Waals surface area contributed by atoms with E-state index in [9.17, 15) is 14.4 Å². The number of ketones is 1. The van der Waals surface area contributed by atoms with Gasteiger partial charge in [0, 0.05) is 11.3 Å². The lowest BCUT2D eigenvalue weighted by atomic mass is 9.99. The number of esters is 1. The molecule has 0 saturated carbocycles. The van der Waals surface area contributed by atoms with Gasteiger partial charge >= 0.3 is 5.97 Å². The minimum Gasteiger partial charge on any atom is -0.486 e. The summed E-state index contributed by atoms with van der Waals surface area (Å²) in [7, 11) is 0. The third-order valence-electron chi connectivity index (χ3n) is 4.81. The first-order valence-electron chi connectivity index (χ1n) is 9.43. The molecule has 0 aliphatic carbocycles. The monoisotopic (exact) mass is 405 g/mol. The molecular formula is C23H19NO6. The molecular weight excluding hydrogens is 386 g/mol. The second-order valence-corrected chi connectivity index (χ2v) is 6.88. The Kier molecular flexibility index (Phi) is 5.34. The zero-order chi connectivity index (χ0) is 21.1. The number of carbonyl (C=O) groups excluding carboxylic acids is 3. The summed E-state index contributed by atoms with van der Waals surface area (Å²) in [6.07, 6.45) is 0. The smallest absolute Gasteiger partial charge is 0.374 e. The molecule has 1 aromatic heterocycles. The molecule has 0 unspecified atom stereocenters. The minimum absolute atomic E-state index is 0.00756.